The van der Waals surface area contributed by atoms with Crippen molar-refractivity contribution in [3.8, 4) is 0 Å². The normalized spacial score (nSPS) is 15.8. The summed E-state index contributed by atoms with van der Waals surface area (Å²) in [4.78, 5) is 27.1. The summed E-state index contributed by atoms with van der Waals surface area (Å²) >= 11 is 5.43. The molecule has 7 nitrogen and oxygen atoms in total. The average Bonchev–Trinajstić information content (AvgIpc) is 2.83. The fourth-order valence-corrected chi connectivity index (χ4v) is 3.75. The monoisotopic (exact) mass is 467 g/mol. The number of aryl methyl sites for hydroxylation is 1. The van der Waals surface area contributed by atoms with Crippen molar-refractivity contribution in [2.45, 2.75) is 26.3 Å². The van der Waals surface area contributed by atoms with Gasteiger partial charge in [-0.1, -0.05) is 31.2 Å². The molecule has 3 rings (SSSR count). The number of allylic oxidation sites excluding steroid dienone is 1. The minimum Gasteiger partial charge on any atom is -0.460 e. The van der Waals surface area contributed by atoms with E-state index in [1.165, 1.54) is 5.56 Å². The van der Waals surface area contributed by atoms with Crippen LogP contribution in [0.3, 0.4) is 0 Å². The second kappa shape index (κ2) is 11.1. The summed E-state index contributed by atoms with van der Waals surface area (Å²) < 4.78 is 10.4. The first-order valence-electron chi connectivity index (χ1n) is 10.8. The lowest BCUT2D eigenvalue weighted by molar-refractivity contribution is -0.140. The minimum absolute atomic E-state index is 0.164. The fourth-order valence-electron chi connectivity index (χ4n) is 3.50. The van der Waals surface area contributed by atoms with Gasteiger partial charge < -0.3 is 25.0 Å². The SMILES string of the molecule is CCc1ccc(C(=O)Nc2ccc([C@@H]3NC(=S)N(C)C(C)=C3C(=O)OCCOC)cc2)cc1. The van der Waals surface area contributed by atoms with E-state index in [0.717, 1.165) is 17.7 Å². The first kappa shape index (κ1) is 24.4. The Balaban J connectivity index is 1.78. The Kier molecular flexibility index (Phi) is 8.19. The van der Waals surface area contributed by atoms with Crippen LogP contribution >= 0.6 is 12.2 Å². The van der Waals surface area contributed by atoms with Crippen LogP contribution in [-0.4, -0.2) is 49.3 Å². The van der Waals surface area contributed by atoms with Crippen LogP contribution in [0.2, 0.25) is 0 Å². The maximum atomic E-state index is 12.8. The third kappa shape index (κ3) is 5.77. The molecule has 0 spiro atoms. The van der Waals surface area contributed by atoms with Gasteiger partial charge in [-0.25, -0.2) is 4.79 Å². The number of ether oxygens (including phenoxy) is 2. The van der Waals surface area contributed by atoms with Crippen LogP contribution in [0.1, 0.15) is 41.4 Å². The number of benzene rings is 2. The van der Waals surface area contributed by atoms with Crippen molar-refractivity contribution in [2.24, 2.45) is 0 Å². The van der Waals surface area contributed by atoms with E-state index in [0.29, 0.717) is 28.5 Å². The van der Waals surface area contributed by atoms with Gasteiger partial charge in [-0.05, 0) is 61.0 Å². The van der Waals surface area contributed by atoms with Gasteiger partial charge in [0.15, 0.2) is 5.11 Å². The molecule has 0 bridgehead atoms. The maximum Gasteiger partial charge on any atom is 0.338 e. The van der Waals surface area contributed by atoms with Crippen LogP contribution in [0.15, 0.2) is 59.8 Å². The van der Waals surface area contributed by atoms with Gasteiger partial charge in [-0.15, -0.1) is 0 Å². The molecular formula is C25H29N3O4S. The number of methoxy groups -OCH3 is 1. The lowest BCUT2D eigenvalue weighted by Gasteiger charge is -2.35. The molecule has 2 N–H and O–H groups in total. The molecule has 0 unspecified atom stereocenters. The Morgan fingerprint density at radius 2 is 1.76 bits per heavy atom. The molecule has 0 saturated carbocycles. The quantitative estimate of drug-likeness (QED) is 0.347. The van der Waals surface area contributed by atoms with Gasteiger partial charge in [0.2, 0.25) is 0 Å². The van der Waals surface area contributed by atoms with Crippen LogP contribution in [0.4, 0.5) is 5.69 Å². The molecule has 33 heavy (non-hydrogen) atoms. The molecule has 1 aliphatic rings. The highest BCUT2D eigenvalue weighted by atomic mass is 32.1. The Morgan fingerprint density at radius 3 is 2.36 bits per heavy atom. The minimum atomic E-state index is -0.463. The molecular weight excluding hydrogens is 438 g/mol. The van der Waals surface area contributed by atoms with Crippen LogP contribution in [-0.2, 0) is 20.7 Å². The van der Waals surface area contributed by atoms with Gasteiger partial charge in [0.25, 0.3) is 5.91 Å². The summed E-state index contributed by atoms with van der Waals surface area (Å²) in [5, 5.41) is 6.63. The van der Waals surface area contributed by atoms with E-state index in [4.69, 9.17) is 21.7 Å². The van der Waals surface area contributed by atoms with Gasteiger partial charge >= 0.3 is 5.97 Å². The summed E-state index contributed by atoms with van der Waals surface area (Å²) in [6.07, 6.45) is 0.924. The number of amides is 1. The highest BCUT2D eigenvalue weighted by Crippen LogP contribution is 2.31. The van der Waals surface area contributed by atoms with Gasteiger partial charge in [-0.2, -0.15) is 0 Å². The number of anilines is 1. The van der Waals surface area contributed by atoms with Gasteiger partial charge in [0, 0.05) is 31.1 Å². The molecule has 1 amide bonds. The van der Waals surface area contributed by atoms with E-state index in [1.54, 1.807) is 31.2 Å². The van der Waals surface area contributed by atoms with E-state index >= 15 is 0 Å². The summed E-state index contributed by atoms with van der Waals surface area (Å²) in [5.41, 5.74) is 4.46. The highest BCUT2D eigenvalue weighted by Gasteiger charge is 2.33. The number of esters is 1. The largest absolute Gasteiger partial charge is 0.460 e. The molecule has 0 radical (unpaired) electrons. The van der Waals surface area contributed by atoms with Crippen molar-refractivity contribution >= 4 is 34.9 Å². The van der Waals surface area contributed by atoms with Crippen molar-refractivity contribution in [3.63, 3.8) is 0 Å². The zero-order valence-electron chi connectivity index (χ0n) is 19.3. The van der Waals surface area contributed by atoms with Gasteiger partial charge in [0.1, 0.15) is 6.61 Å². The van der Waals surface area contributed by atoms with E-state index in [2.05, 4.69) is 17.6 Å². The molecule has 2 aromatic carbocycles. The van der Waals surface area contributed by atoms with Crippen molar-refractivity contribution in [2.75, 3.05) is 32.7 Å². The number of carbonyl (C=O) groups excluding carboxylic acids is 2. The van der Waals surface area contributed by atoms with Gasteiger partial charge in [0.05, 0.1) is 18.2 Å². The molecule has 0 aliphatic carbocycles. The van der Waals surface area contributed by atoms with Crippen molar-refractivity contribution in [1.29, 1.82) is 0 Å². The molecule has 0 saturated heterocycles. The molecule has 2 aromatic rings. The second-order valence-electron chi connectivity index (χ2n) is 7.70. The van der Waals surface area contributed by atoms with Crippen molar-refractivity contribution in [1.82, 2.24) is 10.2 Å². The Labute approximate surface area is 199 Å². The van der Waals surface area contributed by atoms with Crippen LogP contribution < -0.4 is 10.6 Å². The number of carbonyl (C=O) groups is 2. The average molecular weight is 468 g/mol. The van der Waals surface area contributed by atoms with Crippen molar-refractivity contribution < 1.29 is 19.1 Å². The zero-order valence-corrected chi connectivity index (χ0v) is 20.1. The Morgan fingerprint density at radius 1 is 1.09 bits per heavy atom. The molecule has 174 valence electrons. The molecule has 0 fully saturated rings. The first-order valence-corrected chi connectivity index (χ1v) is 11.2. The number of thiocarbonyl (C=S) groups is 1. The summed E-state index contributed by atoms with van der Waals surface area (Å²) in [6.45, 7) is 4.40. The molecule has 1 heterocycles. The summed E-state index contributed by atoms with van der Waals surface area (Å²) in [5.74, 6) is -0.605. The molecule has 1 atom stereocenters. The van der Waals surface area contributed by atoms with E-state index in [9.17, 15) is 9.59 Å². The maximum absolute atomic E-state index is 12.8. The lowest BCUT2D eigenvalue weighted by atomic mass is 9.95. The third-order valence-corrected chi connectivity index (χ3v) is 6.01. The Bertz CT molecular complexity index is 1050. The Hall–Kier alpha value is -3.23. The number of rotatable bonds is 8. The predicted octanol–water partition coefficient (Wildman–Crippen LogP) is 3.83. The third-order valence-electron chi connectivity index (χ3n) is 5.62. The number of hydrogen-bond acceptors (Lipinski definition) is 5. The zero-order chi connectivity index (χ0) is 24.0. The van der Waals surface area contributed by atoms with Gasteiger partial charge in [-0.3, -0.25) is 4.79 Å². The highest BCUT2D eigenvalue weighted by molar-refractivity contribution is 7.80. The van der Waals surface area contributed by atoms with Crippen LogP contribution in [0, 0.1) is 0 Å². The smallest absolute Gasteiger partial charge is 0.338 e. The predicted molar refractivity (Wildman–Crippen MR) is 132 cm³/mol. The second-order valence-corrected chi connectivity index (χ2v) is 8.08. The fraction of sp³-hybridized carbons (Fsp3) is 0.320. The van der Waals surface area contributed by atoms with E-state index in [-0.39, 0.29) is 12.5 Å². The summed E-state index contributed by atoms with van der Waals surface area (Å²) in [6, 6.07) is 14.4. The van der Waals surface area contributed by atoms with Crippen LogP contribution in [0.25, 0.3) is 0 Å². The van der Waals surface area contributed by atoms with Crippen LogP contribution in [0.5, 0.6) is 0 Å². The molecule has 8 heteroatoms. The first-order chi connectivity index (χ1) is 15.8. The topological polar surface area (TPSA) is 79.9 Å². The standard InChI is InChI=1S/C25H29N3O4S/c1-5-17-6-8-19(9-7-17)23(29)26-20-12-10-18(11-13-20)22-21(24(30)32-15-14-31-4)16(2)28(3)25(33)27-22/h6-13,22H,5,14-15H2,1-4H3,(H,26,29)(H,27,33)/t22-/m0/s1. The van der Waals surface area contributed by atoms with Crippen molar-refractivity contribution in [3.05, 3.63) is 76.5 Å². The number of nitrogens with one attached hydrogen (secondary N) is 2. The molecule has 0 aromatic heterocycles. The number of hydrogen-bond donors (Lipinski definition) is 2. The summed E-state index contributed by atoms with van der Waals surface area (Å²) in [7, 11) is 3.35. The molecule has 1 aliphatic heterocycles. The van der Waals surface area contributed by atoms with E-state index < -0.39 is 12.0 Å². The lowest BCUT2D eigenvalue weighted by Crippen LogP contribution is -2.46. The van der Waals surface area contributed by atoms with E-state index in [1.807, 2.05) is 43.3 Å². The number of nitrogens with zero attached hydrogens (tertiary/aromatic N) is 1.